The van der Waals surface area contributed by atoms with E-state index in [-0.39, 0.29) is 24.3 Å². The summed E-state index contributed by atoms with van der Waals surface area (Å²) in [5.74, 6) is 0.591. The van der Waals surface area contributed by atoms with Crippen molar-refractivity contribution in [1.29, 1.82) is 0 Å². The lowest BCUT2D eigenvalue weighted by Crippen LogP contribution is -2.61. The van der Waals surface area contributed by atoms with Crippen molar-refractivity contribution in [3.63, 3.8) is 0 Å². The van der Waals surface area contributed by atoms with Crippen molar-refractivity contribution >= 4 is 17.8 Å². The van der Waals surface area contributed by atoms with Crippen LogP contribution in [0.5, 0.6) is 0 Å². The van der Waals surface area contributed by atoms with Crippen LogP contribution in [0.15, 0.2) is 0 Å². The minimum Gasteiger partial charge on any atom is -0.392 e. The summed E-state index contributed by atoms with van der Waals surface area (Å²) in [5, 5.41) is 21.5. The molecule has 2 saturated heterocycles. The molecule has 2 aliphatic rings. The molecular weight excluding hydrogens is 362 g/mol. The summed E-state index contributed by atoms with van der Waals surface area (Å²) >= 11 is 0. The number of likely N-dealkylation sites (tertiary alicyclic amines) is 2. The monoisotopic (exact) mass is 393 g/mol. The Bertz CT molecular complexity index is 707. The zero-order valence-corrected chi connectivity index (χ0v) is 16.8. The fourth-order valence-electron chi connectivity index (χ4n) is 4.26. The van der Waals surface area contributed by atoms with Crippen LogP contribution in [0.25, 0.3) is 0 Å². The number of anilines is 1. The molecule has 28 heavy (non-hydrogen) atoms. The van der Waals surface area contributed by atoms with Gasteiger partial charge < -0.3 is 20.6 Å². The summed E-state index contributed by atoms with van der Waals surface area (Å²) in [4.78, 5) is 29.0. The van der Waals surface area contributed by atoms with Crippen molar-refractivity contribution < 1.29 is 14.7 Å². The van der Waals surface area contributed by atoms with Crippen molar-refractivity contribution in [3.05, 3.63) is 0 Å². The average Bonchev–Trinajstić information content (AvgIpc) is 3.06. The number of aliphatic hydroxyl groups is 1. The Hall–Kier alpha value is -2.23. The number of nitrogen functional groups attached to an aromatic ring is 1. The van der Waals surface area contributed by atoms with E-state index in [9.17, 15) is 14.7 Å². The highest BCUT2D eigenvalue weighted by atomic mass is 16.3. The Kier molecular flexibility index (Phi) is 6.17. The minimum atomic E-state index is -0.518. The van der Waals surface area contributed by atoms with Crippen LogP contribution in [0.2, 0.25) is 0 Å². The molecule has 0 aliphatic carbocycles. The lowest BCUT2D eigenvalue weighted by molar-refractivity contribution is -0.149. The molecule has 0 bridgehead atoms. The average molecular weight is 393 g/mol. The highest BCUT2D eigenvalue weighted by molar-refractivity contribution is 5.77. The maximum Gasteiger partial charge on any atom is 0.244 e. The van der Waals surface area contributed by atoms with Crippen LogP contribution in [0.4, 0.5) is 5.95 Å². The quantitative estimate of drug-likeness (QED) is 0.714. The zero-order chi connectivity index (χ0) is 20.3. The number of nitrogens with zero attached hydrogens (tertiary/aromatic N) is 6. The molecule has 2 aliphatic heterocycles. The predicted octanol–water partition coefficient (Wildman–Crippen LogP) is -0.106. The fraction of sp³-hybridized carbons (Fsp3) is 0.833. The van der Waals surface area contributed by atoms with Gasteiger partial charge in [-0.05, 0) is 42.0 Å². The van der Waals surface area contributed by atoms with Gasteiger partial charge in [0.15, 0.2) is 0 Å². The maximum absolute atomic E-state index is 12.7. The Morgan fingerprint density at radius 3 is 2.61 bits per heavy atom. The Labute approximate surface area is 165 Å². The number of aromatic nitrogens is 4. The smallest absolute Gasteiger partial charge is 0.244 e. The van der Waals surface area contributed by atoms with E-state index in [2.05, 4.69) is 29.4 Å². The van der Waals surface area contributed by atoms with Crippen molar-refractivity contribution in [2.24, 2.45) is 11.3 Å². The lowest BCUT2D eigenvalue weighted by atomic mass is 9.71. The van der Waals surface area contributed by atoms with Crippen molar-refractivity contribution in [2.75, 3.05) is 31.9 Å². The molecule has 0 radical (unpaired) electrons. The van der Waals surface area contributed by atoms with E-state index in [0.29, 0.717) is 38.4 Å². The summed E-state index contributed by atoms with van der Waals surface area (Å²) in [6.07, 6.45) is 3.03. The van der Waals surface area contributed by atoms with Crippen LogP contribution in [0.1, 0.15) is 46.0 Å². The van der Waals surface area contributed by atoms with Crippen LogP contribution in [-0.2, 0) is 16.1 Å². The second-order valence-corrected chi connectivity index (χ2v) is 8.53. The summed E-state index contributed by atoms with van der Waals surface area (Å²) in [7, 11) is 0. The first-order valence-corrected chi connectivity index (χ1v) is 10.1. The van der Waals surface area contributed by atoms with Crippen molar-refractivity contribution in [1.82, 2.24) is 30.0 Å². The van der Waals surface area contributed by atoms with Gasteiger partial charge in [0.2, 0.25) is 17.8 Å². The number of carbonyl (C=O) groups excluding carboxylic acids is 2. The van der Waals surface area contributed by atoms with Gasteiger partial charge in [-0.25, -0.2) is 4.68 Å². The third-order valence-corrected chi connectivity index (χ3v) is 5.98. The van der Waals surface area contributed by atoms with E-state index < -0.39 is 11.5 Å². The molecular formula is C18H31N7O3. The molecule has 1 spiro atoms. The van der Waals surface area contributed by atoms with Gasteiger partial charge in [-0.15, -0.1) is 0 Å². The second kappa shape index (κ2) is 8.42. The Morgan fingerprint density at radius 1 is 1.25 bits per heavy atom. The summed E-state index contributed by atoms with van der Waals surface area (Å²) in [5.41, 5.74) is 5.18. The highest BCUT2D eigenvalue weighted by Crippen LogP contribution is 2.39. The maximum atomic E-state index is 12.7. The first-order valence-electron chi connectivity index (χ1n) is 10.1. The minimum absolute atomic E-state index is 0.0258. The van der Waals surface area contributed by atoms with Crippen LogP contribution in [0.3, 0.4) is 0 Å². The number of rotatable bonds is 5. The molecule has 2 atom stereocenters. The van der Waals surface area contributed by atoms with E-state index in [1.165, 1.54) is 4.68 Å². The number of hydrogen-bond donors (Lipinski definition) is 2. The number of hydrogen-bond acceptors (Lipinski definition) is 7. The van der Waals surface area contributed by atoms with Gasteiger partial charge in [0, 0.05) is 38.0 Å². The summed E-state index contributed by atoms with van der Waals surface area (Å²) in [6, 6.07) is 0. The van der Waals surface area contributed by atoms with Crippen molar-refractivity contribution in [2.45, 2.75) is 58.6 Å². The van der Waals surface area contributed by atoms with E-state index in [1.807, 2.05) is 4.90 Å². The van der Waals surface area contributed by atoms with Gasteiger partial charge in [0.1, 0.15) is 6.54 Å². The molecule has 2 fully saturated rings. The molecule has 3 N–H and O–H groups in total. The first kappa shape index (κ1) is 20.5. The van der Waals surface area contributed by atoms with Crippen LogP contribution in [-0.4, -0.2) is 79.2 Å². The van der Waals surface area contributed by atoms with Crippen molar-refractivity contribution in [3.8, 4) is 0 Å². The number of aliphatic hydroxyl groups excluding tert-OH is 1. The summed E-state index contributed by atoms with van der Waals surface area (Å²) < 4.78 is 1.27. The Balaban J connectivity index is 1.66. The van der Waals surface area contributed by atoms with Gasteiger partial charge in [0.25, 0.3) is 0 Å². The molecule has 156 valence electrons. The van der Waals surface area contributed by atoms with E-state index >= 15 is 0 Å². The third kappa shape index (κ3) is 4.43. The molecule has 10 heteroatoms. The first-order chi connectivity index (χ1) is 13.3. The number of tetrazole rings is 1. The second-order valence-electron chi connectivity index (χ2n) is 8.53. The zero-order valence-electron chi connectivity index (χ0n) is 16.8. The molecule has 10 nitrogen and oxygen atoms in total. The molecule has 0 saturated carbocycles. The van der Waals surface area contributed by atoms with Crippen LogP contribution >= 0.6 is 0 Å². The van der Waals surface area contributed by atoms with Crippen LogP contribution < -0.4 is 5.73 Å². The van der Waals surface area contributed by atoms with Gasteiger partial charge in [-0.3, -0.25) is 9.59 Å². The topological polar surface area (TPSA) is 130 Å². The number of amides is 2. The standard InChI is InChI=1S/C18H31N7O3/c1-13(2)4-5-15(27)23-8-3-7-18(11-23)12-24(9-6-14(18)26)16(28)10-25-17(19)20-21-22-25/h13-14,26H,3-12H2,1-2H3,(H2,19,20,22)/t14-,18+/m0/s1. The lowest BCUT2D eigenvalue weighted by Gasteiger charge is -2.51. The highest BCUT2D eigenvalue weighted by Gasteiger charge is 2.47. The van der Waals surface area contributed by atoms with Crippen LogP contribution in [0, 0.1) is 11.3 Å². The molecule has 1 aromatic rings. The third-order valence-electron chi connectivity index (χ3n) is 5.98. The number of piperidine rings is 2. The van der Waals surface area contributed by atoms with Gasteiger partial charge in [-0.2, -0.15) is 0 Å². The Morgan fingerprint density at radius 2 is 1.96 bits per heavy atom. The normalized spacial score (nSPS) is 25.5. The van der Waals surface area contributed by atoms with E-state index in [4.69, 9.17) is 5.73 Å². The van der Waals surface area contributed by atoms with Gasteiger partial charge in [-0.1, -0.05) is 18.9 Å². The molecule has 0 aromatic carbocycles. The molecule has 1 aromatic heterocycles. The molecule has 3 rings (SSSR count). The predicted molar refractivity (Wildman–Crippen MR) is 102 cm³/mol. The largest absolute Gasteiger partial charge is 0.392 e. The van der Waals surface area contributed by atoms with E-state index in [1.54, 1.807) is 4.90 Å². The molecule has 2 amide bonds. The molecule has 3 heterocycles. The van der Waals surface area contributed by atoms with Gasteiger partial charge >= 0.3 is 0 Å². The van der Waals surface area contributed by atoms with E-state index in [0.717, 1.165) is 25.8 Å². The molecule has 0 unspecified atom stereocenters. The number of nitrogens with two attached hydrogens (primary N) is 1. The SMILES string of the molecule is CC(C)CCC(=O)N1CCC[C@@]2(C1)CN(C(=O)Cn1nnnc1N)CC[C@@H]2O. The number of carbonyl (C=O) groups is 2. The van der Waals surface area contributed by atoms with Gasteiger partial charge in [0.05, 0.1) is 6.10 Å². The fourth-order valence-corrected chi connectivity index (χ4v) is 4.26. The summed E-state index contributed by atoms with van der Waals surface area (Å²) in [6.45, 7) is 6.33.